The van der Waals surface area contributed by atoms with E-state index in [9.17, 15) is 0 Å². The molecule has 0 aliphatic carbocycles. The van der Waals surface area contributed by atoms with E-state index >= 15 is 0 Å². The minimum atomic E-state index is 0.889. The number of nitrogens with one attached hydrogen (secondary N) is 1. The molecular weight excluding hydrogens is 230 g/mol. The molecule has 0 aliphatic heterocycles. The maximum atomic E-state index is 4.45. The minimum Gasteiger partial charge on any atom is -0.376 e. The normalized spacial score (nSPS) is 10.9. The van der Waals surface area contributed by atoms with E-state index in [1.165, 1.54) is 0 Å². The number of hydrogen-bond donors (Lipinski definition) is 1. The highest BCUT2D eigenvalue weighted by molar-refractivity contribution is 7.09. The summed E-state index contributed by atoms with van der Waals surface area (Å²) in [7, 11) is 0. The van der Waals surface area contributed by atoms with Crippen molar-refractivity contribution in [3.63, 3.8) is 0 Å². The van der Waals surface area contributed by atoms with Gasteiger partial charge in [-0.15, -0.1) is 11.3 Å². The van der Waals surface area contributed by atoms with Crippen LogP contribution in [-0.4, -0.2) is 17.9 Å². The van der Waals surface area contributed by atoms with Crippen LogP contribution in [0.3, 0.4) is 0 Å². The smallest absolute Gasteiger partial charge is 0.0901 e. The van der Waals surface area contributed by atoms with Crippen LogP contribution in [0.25, 0.3) is 11.3 Å². The minimum absolute atomic E-state index is 0.889. The first kappa shape index (κ1) is 11.8. The van der Waals surface area contributed by atoms with Crippen LogP contribution in [0.2, 0.25) is 0 Å². The molecule has 1 N–H and O–H groups in total. The molecule has 0 fully saturated rings. The van der Waals surface area contributed by atoms with Crippen molar-refractivity contribution in [3.05, 3.63) is 34.7 Å². The summed E-state index contributed by atoms with van der Waals surface area (Å²) in [6.45, 7) is 4.95. The summed E-state index contributed by atoms with van der Waals surface area (Å²) in [4.78, 5) is 8.74. The predicted octanol–water partition coefficient (Wildman–Crippen LogP) is 3.39. The summed E-state index contributed by atoms with van der Waals surface area (Å²) < 4.78 is 0. The van der Waals surface area contributed by atoms with E-state index in [2.05, 4.69) is 20.7 Å². The molecule has 88 valence electrons. The Labute approximate surface area is 105 Å². The molecule has 1 aromatic carbocycles. The van der Waals surface area contributed by atoms with E-state index in [-0.39, 0.29) is 0 Å². The maximum absolute atomic E-state index is 4.45. The molecular formula is C13H15N3S. The number of aryl methyl sites for hydroxylation is 1. The van der Waals surface area contributed by atoms with E-state index in [4.69, 9.17) is 0 Å². The number of aliphatic imine (C=N–C) groups is 1. The van der Waals surface area contributed by atoms with Gasteiger partial charge in [-0.25, -0.2) is 9.98 Å². The molecule has 2 rings (SSSR count). The Morgan fingerprint density at radius 3 is 2.71 bits per heavy atom. The molecule has 0 saturated heterocycles. The van der Waals surface area contributed by atoms with Gasteiger partial charge in [-0.3, -0.25) is 0 Å². The molecule has 0 amide bonds. The van der Waals surface area contributed by atoms with Crippen LogP contribution < -0.4 is 5.32 Å². The van der Waals surface area contributed by atoms with Gasteiger partial charge in [-0.05, 0) is 26.0 Å². The van der Waals surface area contributed by atoms with E-state index in [0.29, 0.717) is 0 Å². The summed E-state index contributed by atoms with van der Waals surface area (Å²) in [5.41, 5.74) is 3.12. The van der Waals surface area contributed by atoms with Gasteiger partial charge in [0.15, 0.2) is 0 Å². The summed E-state index contributed by atoms with van der Waals surface area (Å²) in [5, 5.41) is 6.21. The quantitative estimate of drug-likeness (QED) is 0.662. The van der Waals surface area contributed by atoms with Gasteiger partial charge in [0, 0.05) is 17.5 Å². The lowest BCUT2D eigenvalue weighted by Gasteiger charge is -1.98. The number of rotatable bonds is 4. The highest BCUT2D eigenvalue weighted by Gasteiger charge is 2.01. The monoisotopic (exact) mass is 245 g/mol. The van der Waals surface area contributed by atoms with Crippen LogP contribution in [0.5, 0.6) is 0 Å². The standard InChI is InChI=1S/C13H15N3S/c1-3-14-9-15-12-6-4-11(5-7-12)13-8-17-10(2)16-13/h4-9H,3H2,1-2H3,(H,14,15). The van der Waals surface area contributed by atoms with Gasteiger partial charge in [0.25, 0.3) is 0 Å². The molecule has 3 nitrogen and oxygen atoms in total. The zero-order valence-corrected chi connectivity index (χ0v) is 10.8. The molecule has 0 bridgehead atoms. The second-order valence-corrected chi connectivity index (χ2v) is 4.68. The highest BCUT2D eigenvalue weighted by Crippen LogP contribution is 2.23. The molecule has 1 heterocycles. The Balaban J connectivity index is 2.13. The molecule has 0 unspecified atom stereocenters. The third-order valence-corrected chi connectivity index (χ3v) is 3.06. The first-order valence-electron chi connectivity index (χ1n) is 5.58. The Morgan fingerprint density at radius 2 is 2.12 bits per heavy atom. The molecule has 0 radical (unpaired) electrons. The lowest BCUT2D eigenvalue weighted by atomic mass is 10.1. The molecule has 0 saturated carbocycles. The van der Waals surface area contributed by atoms with Crippen LogP contribution in [0.4, 0.5) is 5.69 Å². The van der Waals surface area contributed by atoms with Gasteiger partial charge < -0.3 is 5.32 Å². The fraction of sp³-hybridized carbons (Fsp3) is 0.231. The average Bonchev–Trinajstić information content (AvgIpc) is 2.77. The largest absolute Gasteiger partial charge is 0.376 e. The molecule has 1 aromatic heterocycles. The summed E-state index contributed by atoms with van der Waals surface area (Å²) >= 11 is 1.67. The van der Waals surface area contributed by atoms with Gasteiger partial charge >= 0.3 is 0 Å². The summed E-state index contributed by atoms with van der Waals surface area (Å²) in [5.74, 6) is 0. The van der Waals surface area contributed by atoms with Crippen molar-refractivity contribution in [2.75, 3.05) is 6.54 Å². The molecule has 2 aromatic rings. The average molecular weight is 245 g/mol. The van der Waals surface area contributed by atoms with E-state index in [1.54, 1.807) is 17.7 Å². The van der Waals surface area contributed by atoms with E-state index < -0.39 is 0 Å². The number of aromatic nitrogens is 1. The number of thiazole rings is 1. The lowest BCUT2D eigenvalue weighted by Crippen LogP contribution is -2.08. The third kappa shape index (κ3) is 3.14. The van der Waals surface area contributed by atoms with Crippen LogP contribution in [0, 0.1) is 6.92 Å². The van der Waals surface area contributed by atoms with Crippen molar-refractivity contribution in [1.29, 1.82) is 0 Å². The van der Waals surface area contributed by atoms with Gasteiger partial charge in [0.05, 0.1) is 22.7 Å². The zero-order chi connectivity index (χ0) is 12.1. The van der Waals surface area contributed by atoms with Crippen LogP contribution in [0.1, 0.15) is 11.9 Å². The zero-order valence-electron chi connectivity index (χ0n) is 9.97. The first-order chi connectivity index (χ1) is 8.29. The van der Waals surface area contributed by atoms with Crippen LogP contribution in [-0.2, 0) is 0 Å². The number of nitrogens with zero attached hydrogens (tertiary/aromatic N) is 2. The van der Waals surface area contributed by atoms with E-state index in [1.807, 2.05) is 38.1 Å². The van der Waals surface area contributed by atoms with Gasteiger partial charge in [-0.2, -0.15) is 0 Å². The van der Waals surface area contributed by atoms with Crippen molar-refractivity contribution in [2.45, 2.75) is 13.8 Å². The lowest BCUT2D eigenvalue weighted by molar-refractivity contribution is 0.987. The molecule has 0 spiro atoms. The maximum Gasteiger partial charge on any atom is 0.0901 e. The third-order valence-electron chi connectivity index (χ3n) is 2.29. The molecule has 0 atom stereocenters. The van der Waals surface area contributed by atoms with E-state index in [0.717, 1.165) is 28.5 Å². The van der Waals surface area contributed by atoms with Crippen LogP contribution >= 0.6 is 11.3 Å². The van der Waals surface area contributed by atoms with Crippen molar-refractivity contribution < 1.29 is 0 Å². The molecule has 17 heavy (non-hydrogen) atoms. The fourth-order valence-corrected chi connectivity index (χ4v) is 2.05. The Hall–Kier alpha value is -1.68. The van der Waals surface area contributed by atoms with Crippen molar-refractivity contribution in [1.82, 2.24) is 10.3 Å². The Bertz CT molecular complexity index is 500. The number of hydrogen-bond acceptors (Lipinski definition) is 3. The van der Waals surface area contributed by atoms with Crippen LogP contribution in [0.15, 0.2) is 34.6 Å². The fourth-order valence-electron chi connectivity index (χ4n) is 1.43. The predicted molar refractivity (Wildman–Crippen MR) is 74.1 cm³/mol. The molecule has 0 aliphatic rings. The second kappa shape index (κ2) is 5.59. The number of benzene rings is 1. The van der Waals surface area contributed by atoms with Gasteiger partial charge in [0.1, 0.15) is 0 Å². The summed E-state index contributed by atoms with van der Waals surface area (Å²) in [6.07, 6.45) is 1.72. The Morgan fingerprint density at radius 1 is 1.35 bits per heavy atom. The van der Waals surface area contributed by atoms with Crippen molar-refractivity contribution >= 4 is 23.4 Å². The van der Waals surface area contributed by atoms with Crippen molar-refractivity contribution in [2.24, 2.45) is 4.99 Å². The molecule has 4 heteroatoms. The summed E-state index contributed by atoms with van der Waals surface area (Å²) in [6, 6.07) is 8.09. The Kier molecular flexibility index (Phi) is 3.88. The topological polar surface area (TPSA) is 37.3 Å². The first-order valence-corrected chi connectivity index (χ1v) is 6.46. The SMILES string of the molecule is CCN/C=N/c1ccc(-c2csc(C)n2)cc1. The van der Waals surface area contributed by atoms with Gasteiger partial charge in [-0.1, -0.05) is 12.1 Å². The van der Waals surface area contributed by atoms with Crippen molar-refractivity contribution in [3.8, 4) is 11.3 Å². The van der Waals surface area contributed by atoms with Gasteiger partial charge in [0.2, 0.25) is 0 Å². The highest BCUT2D eigenvalue weighted by atomic mass is 32.1. The second-order valence-electron chi connectivity index (χ2n) is 3.61.